The highest BCUT2D eigenvalue weighted by Crippen LogP contribution is 2.09. The van der Waals surface area contributed by atoms with Crippen molar-refractivity contribution in [1.82, 2.24) is 9.13 Å². The normalized spacial score (nSPS) is 10.8. The lowest BCUT2D eigenvalue weighted by Crippen LogP contribution is -2.41. The van der Waals surface area contributed by atoms with E-state index in [0.717, 1.165) is 22.0 Å². The quantitative estimate of drug-likeness (QED) is 0.840. The maximum absolute atomic E-state index is 13.5. The molecule has 5 nitrogen and oxygen atoms in total. The van der Waals surface area contributed by atoms with Crippen LogP contribution in [0.3, 0.4) is 0 Å². The van der Waals surface area contributed by atoms with Crippen LogP contribution in [0.15, 0.2) is 9.59 Å². The van der Waals surface area contributed by atoms with E-state index in [1.807, 2.05) is 13.8 Å². The van der Waals surface area contributed by atoms with Crippen molar-refractivity contribution in [3.8, 4) is 5.88 Å². The van der Waals surface area contributed by atoms with Gasteiger partial charge in [0.05, 0.1) is 0 Å². The second kappa shape index (κ2) is 6.37. The van der Waals surface area contributed by atoms with Gasteiger partial charge in [-0.2, -0.15) is 4.39 Å². The van der Waals surface area contributed by atoms with E-state index in [9.17, 15) is 19.1 Å². The van der Waals surface area contributed by atoms with Gasteiger partial charge >= 0.3 is 5.69 Å². The van der Waals surface area contributed by atoms with Gasteiger partial charge in [0.25, 0.3) is 5.56 Å². The predicted molar refractivity (Wildman–Crippen MR) is 66.4 cm³/mol. The molecule has 0 aromatic carbocycles. The van der Waals surface area contributed by atoms with Crippen molar-refractivity contribution in [2.24, 2.45) is 0 Å². The van der Waals surface area contributed by atoms with E-state index < -0.39 is 22.9 Å². The zero-order chi connectivity index (χ0) is 13.7. The molecule has 6 heteroatoms. The molecule has 1 rings (SSSR count). The maximum atomic E-state index is 13.5. The van der Waals surface area contributed by atoms with Crippen LogP contribution >= 0.6 is 0 Å². The Hall–Kier alpha value is -1.59. The van der Waals surface area contributed by atoms with Crippen molar-refractivity contribution in [2.45, 2.75) is 52.6 Å². The van der Waals surface area contributed by atoms with Gasteiger partial charge in [-0.3, -0.25) is 13.9 Å². The molecule has 102 valence electrons. The first-order chi connectivity index (χ1) is 8.54. The second-order valence-corrected chi connectivity index (χ2v) is 4.24. The van der Waals surface area contributed by atoms with E-state index >= 15 is 0 Å². The molecular weight excluding hydrogens is 239 g/mol. The number of aromatic nitrogens is 2. The fourth-order valence-electron chi connectivity index (χ4n) is 1.69. The first kappa shape index (κ1) is 14.5. The van der Waals surface area contributed by atoms with Crippen LogP contribution in [-0.2, 0) is 13.1 Å². The molecule has 0 unspecified atom stereocenters. The van der Waals surface area contributed by atoms with E-state index in [4.69, 9.17) is 0 Å². The molecule has 0 radical (unpaired) electrons. The van der Waals surface area contributed by atoms with Crippen molar-refractivity contribution in [3.05, 3.63) is 26.7 Å². The summed E-state index contributed by atoms with van der Waals surface area (Å²) in [5, 5.41) is 9.51. The van der Waals surface area contributed by atoms with Crippen LogP contribution in [-0.4, -0.2) is 14.2 Å². The summed E-state index contributed by atoms with van der Waals surface area (Å²) in [7, 11) is 0. The summed E-state index contributed by atoms with van der Waals surface area (Å²) >= 11 is 0. The molecule has 1 aromatic rings. The fraction of sp³-hybridized carbons (Fsp3) is 0.667. The lowest BCUT2D eigenvalue weighted by Gasteiger charge is -2.12. The molecule has 18 heavy (non-hydrogen) atoms. The van der Waals surface area contributed by atoms with Crippen molar-refractivity contribution in [3.63, 3.8) is 0 Å². The topological polar surface area (TPSA) is 64.2 Å². The minimum atomic E-state index is -1.25. The van der Waals surface area contributed by atoms with E-state index in [-0.39, 0.29) is 13.1 Å². The molecule has 0 saturated carbocycles. The Morgan fingerprint density at radius 3 is 2.06 bits per heavy atom. The molecule has 1 heterocycles. The molecule has 0 bridgehead atoms. The summed E-state index contributed by atoms with van der Waals surface area (Å²) in [5.41, 5.74) is -1.68. The van der Waals surface area contributed by atoms with Crippen molar-refractivity contribution in [2.75, 3.05) is 0 Å². The number of hydrogen-bond donors (Lipinski definition) is 1. The van der Waals surface area contributed by atoms with Crippen LogP contribution in [0.5, 0.6) is 5.88 Å². The summed E-state index contributed by atoms with van der Waals surface area (Å²) in [6.07, 6.45) is 2.86. The molecule has 1 aromatic heterocycles. The first-order valence-corrected chi connectivity index (χ1v) is 6.26. The standard InChI is InChI=1S/C12H19FN2O3/c1-3-5-7-14-10(16)9(13)11(17)15(12(14)18)8-6-4-2/h16H,3-8H2,1-2H3. The third-order valence-corrected chi connectivity index (χ3v) is 2.82. The lowest BCUT2D eigenvalue weighted by molar-refractivity contribution is 0.342. The molecule has 1 N–H and O–H groups in total. The third kappa shape index (κ3) is 2.80. The van der Waals surface area contributed by atoms with Crippen LogP contribution in [0.4, 0.5) is 4.39 Å². The van der Waals surface area contributed by atoms with E-state index in [1.165, 1.54) is 0 Å². The van der Waals surface area contributed by atoms with E-state index in [0.29, 0.717) is 12.8 Å². The average molecular weight is 258 g/mol. The number of unbranched alkanes of at least 4 members (excludes halogenated alkanes) is 2. The first-order valence-electron chi connectivity index (χ1n) is 6.26. The highest BCUT2D eigenvalue weighted by atomic mass is 19.1. The van der Waals surface area contributed by atoms with Gasteiger partial charge in [-0.25, -0.2) is 4.79 Å². The van der Waals surface area contributed by atoms with Gasteiger partial charge in [-0.05, 0) is 12.8 Å². The number of nitrogens with zero attached hydrogens (tertiary/aromatic N) is 2. The van der Waals surface area contributed by atoms with Crippen molar-refractivity contribution >= 4 is 0 Å². The van der Waals surface area contributed by atoms with Crippen LogP contribution in [0.1, 0.15) is 39.5 Å². The molecule has 0 saturated heterocycles. The van der Waals surface area contributed by atoms with Gasteiger partial charge in [0.1, 0.15) is 0 Å². The smallest absolute Gasteiger partial charge is 0.333 e. The molecular formula is C12H19FN2O3. The highest BCUT2D eigenvalue weighted by molar-refractivity contribution is 5.10. The Morgan fingerprint density at radius 2 is 1.56 bits per heavy atom. The Balaban J connectivity index is 3.30. The Morgan fingerprint density at radius 1 is 1.06 bits per heavy atom. The zero-order valence-corrected chi connectivity index (χ0v) is 10.8. The van der Waals surface area contributed by atoms with E-state index in [2.05, 4.69) is 0 Å². The summed E-state index contributed by atoms with van der Waals surface area (Å²) in [6.45, 7) is 4.23. The van der Waals surface area contributed by atoms with Crippen LogP contribution < -0.4 is 11.2 Å². The third-order valence-electron chi connectivity index (χ3n) is 2.82. The Bertz CT molecular complexity index is 519. The zero-order valence-electron chi connectivity index (χ0n) is 10.8. The van der Waals surface area contributed by atoms with Gasteiger partial charge in [0.2, 0.25) is 11.7 Å². The Labute approximate surface area is 104 Å². The maximum Gasteiger partial charge on any atom is 0.333 e. The van der Waals surface area contributed by atoms with Crippen LogP contribution in [0, 0.1) is 5.82 Å². The number of rotatable bonds is 6. The number of aromatic hydroxyl groups is 1. The average Bonchev–Trinajstić information content (AvgIpc) is 2.36. The van der Waals surface area contributed by atoms with E-state index in [1.54, 1.807) is 0 Å². The molecule has 0 amide bonds. The lowest BCUT2D eigenvalue weighted by atomic mass is 10.3. The van der Waals surface area contributed by atoms with Gasteiger partial charge in [0.15, 0.2) is 0 Å². The number of halogens is 1. The second-order valence-electron chi connectivity index (χ2n) is 4.24. The van der Waals surface area contributed by atoms with Gasteiger partial charge in [-0.1, -0.05) is 26.7 Å². The molecule has 0 aliphatic rings. The van der Waals surface area contributed by atoms with Crippen molar-refractivity contribution < 1.29 is 9.50 Å². The van der Waals surface area contributed by atoms with Crippen LogP contribution in [0.25, 0.3) is 0 Å². The molecule has 0 aliphatic carbocycles. The molecule has 0 fully saturated rings. The molecule has 0 spiro atoms. The molecule has 0 aliphatic heterocycles. The summed E-state index contributed by atoms with van der Waals surface area (Å²) in [5.74, 6) is -2.10. The fourth-order valence-corrected chi connectivity index (χ4v) is 1.69. The summed E-state index contributed by atoms with van der Waals surface area (Å²) in [4.78, 5) is 23.5. The Kier molecular flexibility index (Phi) is 5.12. The van der Waals surface area contributed by atoms with Gasteiger partial charge in [-0.15, -0.1) is 0 Å². The molecule has 0 atom stereocenters. The van der Waals surface area contributed by atoms with Gasteiger partial charge in [0, 0.05) is 13.1 Å². The van der Waals surface area contributed by atoms with Gasteiger partial charge < -0.3 is 5.11 Å². The minimum absolute atomic E-state index is 0.178. The highest BCUT2D eigenvalue weighted by Gasteiger charge is 2.17. The van der Waals surface area contributed by atoms with Crippen LogP contribution in [0.2, 0.25) is 0 Å². The summed E-state index contributed by atoms with van der Waals surface area (Å²) in [6, 6.07) is 0. The largest absolute Gasteiger partial charge is 0.492 e. The monoisotopic (exact) mass is 258 g/mol. The predicted octanol–water partition coefficient (Wildman–Crippen LogP) is 1.45. The SMILES string of the molecule is CCCCn1c(O)c(F)c(=O)n(CCCC)c1=O. The minimum Gasteiger partial charge on any atom is -0.492 e. The summed E-state index contributed by atoms with van der Waals surface area (Å²) < 4.78 is 15.3. The van der Waals surface area contributed by atoms with Crippen molar-refractivity contribution in [1.29, 1.82) is 0 Å². The number of hydrogen-bond acceptors (Lipinski definition) is 3.